The normalized spacial score (nSPS) is 11.2. The predicted molar refractivity (Wildman–Crippen MR) is 83.8 cm³/mol. The van der Waals surface area contributed by atoms with Crippen LogP contribution in [0.1, 0.15) is 31.1 Å². The highest BCUT2D eigenvalue weighted by Gasteiger charge is 2.18. The Kier molecular flexibility index (Phi) is 4.35. The molecular weight excluding hydrogens is 282 g/mol. The smallest absolute Gasteiger partial charge is 0.342 e. The molecule has 0 aromatic heterocycles. The van der Waals surface area contributed by atoms with Gasteiger partial charge in [-0.1, -0.05) is 30.3 Å². The summed E-state index contributed by atoms with van der Waals surface area (Å²) in [5.41, 5.74) is -0.351. The number of nitrogens with one attached hydrogen (secondary N) is 1. The minimum absolute atomic E-state index is 0.0438. The van der Waals surface area contributed by atoms with E-state index in [1.807, 2.05) is 32.9 Å². The van der Waals surface area contributed by atoms with Crippen LogP contribution in [0.4, 0.5) is 0 Å². The number of phenols is 1. The van der Waals surface area contributed by atoms with Gasteiger partial charge in [0.25, 0.3) is 5.91 Å². The Balaban J connectivity index is 2.10. The van der Waals surface area contributed by atoms with Crippen molar-refractivity contribution in [2.45, 2.75) is 26.3 Å². The first-order valence-electron chi connectivity index (χ1n) is 6.97. The van der Waals surface area contributed by atoms with Crippen LogP contribution in [0.25, 0.3) is 10.8 Å². The van der Waals surface area contributed by atoms with Crippen molar-refractivity contribution in [3.05, 3.63) is 42.0 Å². The van der Waals surface area contributed by atoms with Crippen molar-refractivity contribution < 1.29 is 19.4 Å². The maximum absolute atomic E-state index is 12.0. The van der Waals surface area contributed by atoms with Gasteiger partial charge < -0.3 is 15.2 Å². The summed E-state index contributed by atoms with van der Waals surface area (Å²) in [7, 11) is 0. The number of aromatic hydroxyl groups is 1. The highest BCUT2D eigenvalue weighted by molar-refractivity contribution is 6.01. The second-order valence-electron chi connectivity index (χ2n) is 6.06. The van der Waals surface area contributed by atoms with Gasteiger partial charge in [-0.2, -0.15) is 0 Å². The second kappa shape index (κ2) is 6.05. The summed E-state index contributed by atoms with van der Waals surface area (Å²) in [6, 6.07) is 10.4. The van der Waals surface area contributed by atoms with Crippen LogP contribution in [0.15, 0.2) is 36.4 Å². The van der Waals surface area contributed by atoms with Gasteiger partial charge in [-0.3, -0.25) is 4.79 Å². The molecule has 5 heteroatoms. The van der Waals surface area contributed by atoms with Crippen LogP contribution in [0.5, 0.6) is 5.75 Å². The fourth-order valence-corrected chi connectivity index (χ4v) is 2.08. The van der Waals surface area contributed by atoms with E-state index >= 15 is 0 Å². The number of phenolic OH excluding ortho intramolecular Hbond substituents is 1. The Morgan fingerprint density at radius 2 is 1.82 bits per heavy atom. The Labute approximate surface area is 128 Å². The molecule has 0 radical (unpaired) electrons. The third-order valence-corrected chi connectivity index (χ3v) is 2.97. The number of esters is 1. The third-order valence-electron chi connectivity index (χ3n) is 2.97. The lowest BCUT2D eigenvalue weighted by Gasteiger charge is -2.20. The number of carbonyl (C=O) groups is 2. The summed E-state index contributed by atoms with van der Waals surface area (Å²) >= 11 is 0. The maximum Gasteiger partial charge on any atom is 0.342 e. The van der Waals surface area contributed by atoms with E-state index in [-0.39, 0.29) is 23.8 Å². The van der Waals surface area contributed by atoms with Crippen molar-refractivity contribution in [3.63, 3.8) is 0 Å². The highest BCUT2D eigenvalue weighted by atomic mass is 16.5. The van der Waals surface area contributed by atoms with E-state index in [1.54, 1.807) is 18.2 Å². The molecule has 2 N–H and O–H groups in total. The number of rotatable bonds is 3. The number of ether oxygens (including phenoxy) is 1. The van der Waals surface area contributed by atoms with Crippen LogP contribution in [-0.4, -0.2) is 29.1 Å². The quantitative estimate of drug-likeness (QED) is 0.855. The molecule has 2 aromatic rings. The van der Waals surface area contributed by atoms with E-state index in [2.05, 4.69) is 5.32 Å². The van der Waals surface area contributed by atoms with Crippen molar-refractivity contribution >= 4 is 22.6 Å². The fourth-order valence-electron chi connectivity index (χ4n) is 2.08. The van der Waals surface area contributed by atoms with E-state index in [0.717, 1.165) is 5.39 Å². The van der Waals surface area contributed by atoms with Crippen molar-refractivity contribution in [1.82, 2.24) is 5.32 Å². The molecule has 116 valence electrons. The molecule has 0 aliphatic rings. The van der Waals surface area contributed by atoms with Crippen LogP contribution in [-0.2, 0) is 9.53 Å². The molecule has 0 saturated carbocycles. The van der Waals surface area contributed by atoms with E-state index in [1.165, 1.54) is 6.07 Å². The molecule has 0 spiro atoms. The van der Waals surface area contributed by atoms with E-state index in [0.29, 0.717) is 5.39 Å². The van der Waals surface area contributed by atoms with Gasteiger partial charge >= 0.3 is 5.97 Å². The lowest BCUT2D eigenvalue weighted by atomic mass is 10.1. The molecule has 5 nitrogen and oxygen atoms in total. The largest absolute Gasteiger partial charge is 0.506 e. The zero-order valence-electron chi connectivity index (χ0n) is 12.8. The van der Waals surface area contributed by atoms with E-state index in [4.69, 9.17) is 4.74 Å². The Hall–Kier alpha value is -2.56. The predicted octanol–water partition coefficient (Wildman–Crippen LogP) is 2.62. The zero-order valence-corrected chi connectivity index (χ0v) is 12.8. The number of carbonyl (C=O) groups excluding carboxylic acids is 2. The number of hydrogen-bond donors (Lipinski definition) is 2. The van der Waals surface area contributed by atoms with Crippen LogP contribution in [0, 0.1) is 0 Å². The molecular formula is C17H19NO4. The minimum Gasteiger partial charge on any atom is -0.506 e. The molecule has 0 bridgehead atoms. The van der Waals surface area contributed by atoms with Crippen molar-refractivity contribution in [1.29, 1.82) is 0 Å². The van der Waals surface area contributed by atoms with Crippen molar-refractivity contribution in [3.8, 4) is 5.75 Å². The average molecular weight is 301 g/mol. The second-order valence-corrected chi connectivity index (χ2v) is 6.06. The molecule has 0 saturated heterocycles. The first-order valence-corrected chi connectivity index (χ1v) is 6.97. The number of fused-ring (bicyclic) bond motifs is 1. The van der Waals surface area contributed by atoms with Gasteiger partial charge in [0.2, 0.25) is 0 Å². The molecule has 0 heterocycles. The van der Waals surface area contributed by atoms with Crippen molar-refractivity contribution in [2.75, 3.05) is 6.61 Å². The zero-order chi connectivity index (χ0) is 16.3. The Bertz CT molecular complexity index is 716. The van der Waals surface area contributed by atoms with Crippen LogP contribution < -0.4 is 5.32 Å². The number of hydrogen-bond acceptors (Lipinski definition) is 4. The summed E-state index contributed by atoms with van der Waals surface area (Å²) < 4.78 is 4.95. The van der Waals surface area contributed by atoms with Crippen molar-refractivity contribution in [2.24, 2.45) is 0 Å². The van der Waals surface area contributed by atoms with Gasteiger partial charge in [0.15, 0.2) is 6.61 Å². The minimum atomic E-state index is -0.729. The molecule has 2 aromatic carbocycles. The van der Waals surface area contributed by atoms with Crippen LogP contribution in [0.2, 0.25) is 0 Å². The Morgan fingerprint density at radius 1 is 1.14 bits per heavy atom. The van der Waals surface area contributed by atoms with Gasteiger partial charge in [0.05, 0.1) is 0 Å². The van der Waals surface area contributed by atoms with E-state index < -0.39 is 11.5 Å². The monoisotopic (exact) mass is 301 g/mol. The maximum atomic E-state index is 12.0. The summed E-state index contributed by atoms with van der Waals surface area (Å²) in [5.74, 6) is -1.26. The van der Waals surface area contributed by atoms with Gasteiger partial charge in [-0.25, -0.2) is 4.79 Å². The molecule has 2 rings (SSSR count). The van der Waals surface area contributed by atoms with Gasteiger partial charge in [-0.15, -0.1) is 0 Å². The summed E-state index contributed by atoms with van der Waals surface area (Å²) in [6.07, 6.45) is 0. The molecule has 1 amide bonds. The third kappa shape index (κ3) is 3.75. The van der Waals surface area contributed by atoms with Crippen LogP contribution in [0.3, 0.4) is 0 Å². The average Bonchev–Trinajstić information content (AvgIpc) is 2.44. The molecule has 0 atom stereocenters. The lowest BCUT2D eigenvalue weighted by molar-refractivity contribution is -0.125. The van der Waals surface area contributed by atoms with E-state index in [9.17, 15) is 14.7 Å². The molecule has 22 heavy (non-hydrogen) atoms. The SMILES string of the molecule is CC(C)(C)NC(=O)COC(=O)c1ccc2ccccc2c1O. The first-order chi connectivity index (χ1) is 10.3. The molecule has 0 aliphatic carbocycles. The summed E-state index contributed by atoms with van der Waals surface area (Å²) in [6.45, 7) is 5.12. The Morgan fingerprint density at radius 3 is 2.50 bits per heavy atom. The fraction of sp³-hybridized carbons (Fsp3) is 0.294. The number of benzene rings is 2. The van der Waals surface area contributed by atoms with Gasteiger partial charge in [0, 0.05) is 10.9 Å². The van der Waals surface area contributed by atoms with Crippen LogP contribution >= 0.6 is 0 Å². The molecule has 0 unspecified atom stereocenters. The van der Waals surface area contributed by atoms with Gasteiger partial charge in [-0.05, 0) is 32.2 Å². The summed E-state index contributed by atoms with van der Waals surface area (Å²) in [5, 5.41) is 14.2. The van der Waals surface area contributed by atoms with Gasteiger partial charge in [0.1, 0.15) is 11.3 Å². The molecule has 0 fully saturated rings. The topological polar surface area (TPSA) is 75.6 Å². The lowest BCUT2D eigenvalue weighted by Crippen LogP contribution is -2.42. The standard InChI is InChI=1S/C17H19NO4/c1-17(2,3)18-14(19)10-22-16(21)13-9-8-11-6-4-5-7-12(11)15(13)20/h4-9,20H,10H2,1-3H3,(H,18,19). The summed E-state index contributed by atoms with van der Waals surface area (Å²) in [4.78, 5) is 23.7. The highest BCUT2D eigenvalue weighted by Crippen LogP contribution is 2.28. The number of amides is 1. The first kappa shape index (κ1) is 15.8. The molecule has 0 aliphatic heterocycles.